The molecule has 1 aromatic rings. The van der Waals surface area contributed by atoms with Gasteiger partial charge in [0.15, 0.2) is 0 Å². The third-order valence-electron chi connectivity index (χ3n) is 3.00. The number of sulfonamides is 1. The van der Waals surface area contributed by atoms with Gasteiger partial charge in [0.25, 0.3) is 5.69 Å². The summed E-state index contributed by atoms with van der Waals surface area (Å²) in [6.45, 7) is 3.44. The lowest BCUT2D eigenvalue weighted by molar-refractivity contribution is -0.385. The van der Waals surface area contributed by atoms with Gasteiger partial charge in [-0.05, 0) is 19.4 Å². The number of nitro groups is 1. The molecule has 8 heteroatoms. The quantitative estimate of drug-likeness (QED) is 0.638. The third-order valence-corrected chi connectivity index (χ3v) is 5.12. The van der Waals surface area contributed by atoms with Crippen LogP contribution in [0.25, 0.3) is 0 Å². The molecule has 0 fully saturated rings. The summed E-state index contributed by atoms with van der Waals surface area (Å²) in [7, 11) is -2.38. The molecule has 1 atom stereocenters. The molecule has 0 radical (unpaired) electrons. The minimum absolute atomic E-state index is 0.0653. The second-order valence-electron chi connectivity index (χ2n) is 4.31. The standard InChI is InChI=1S/C11H17N3O4S/c1-8-4-5-10(14(15)16)6-11(8)19(17,18)13(3)9(2)7-12/h4-6,9H,7,12H2,1-3H3. The fraction of sp³-hybridized carbons (Fsp3) is 0.455. The van der Waals surface area contributed by atoms with E-state index >= 15 is 0 Å². The highest BCUT2D eigenvalue weighted by molar-refractivity contribution is 7.89. The smallest absolute Gasteiger partial charge is 0.270 e. The molecule has 2 N–H and O–H groups in total. The van der Waals surface area contributed by atoms with Gasteiger partial charge in [-0.25, -0.2) is 8.42 Å². The van der Waals surface area contributed by atoms with Crippen LogP contribution in [0.15, 0.2) is 23.1 Å². The molecule has 0 aliphatic rings. The van der Waals surface area contributed by atoms with E-state index < -0.39 is 14.9 Å². The van der Waals surface area contributed by atoms with Gasteiger partial charge in [0, 0.05) is 31.8 Å². The largest absolute Gasteiger partial charge is 0.329 e. The summed E-state index contributed by atoms with van der Waals surface area (Å²) in [6, 6.07) is 3.39. The third kappa shape index (κ3) is 3.09. The van der Waals surface area contributed by atoms with Crippen molar-refractivity contribution in [3.63, 3.8) is 0 Å². The minimum atomic E-state index is -3.79. The van der Waals surface area contributed by atoms with Crippen molar-refractivity contribution >= 4 is 15.7 Å². The molecule has 1 rings (SSSR count). The molecule has 0 aliphatic carbocycles. The fourth-order valence-electron chi connectivity index (χ4n) is 1.52. The van der Waals surface area contributed by atoms with Crippen LogP contribution in [0.2, 0.25) is 0 Å². The summed E-state index contributed by atoms with van der Waals surface area (Å²) >= 11 is 0. The van der Waals surface area contributed by atoms with Crippen molar-refractivity contribution in [2.24, 2.45) is 5.73 Å². The SMILES string of the molecule is Cc1ccc([N+](=O)[O-])cc1S(=O)(=O)N(C)C(C)CN. The number of nitro benzene ring substituents is 1. The Morgan fingerprint density at radius 3 is 2.53 bits per heavy atom. The number of non-ortho nitro benzene ring substituents is 1. The van der Waals surface area contributed by atoms with Gasteiger partial charge in [-0.3, -0.25) is 10.1 Å². The first kappa shape index (κ1) is 15.5. The zero-order chi connectivity index (χ0) is 14.8. The molecule has 0 bridgehead atoms. The minimum Gasteiger partial charge on any atom is -0.329 e. The van der Waals surface area contributed by atoms with Crippen LogP contribution in [-0.4, -0.2) is 37.3 Å². The average molecular weight is 287 g/mol. The van der Waals surface area contributed by atoms with Crippen LogP contribution in [0, 0.1) is 17.0 Å². The number of benzene rings is 1. The van der Waals surface area contributed by atoms with E-state index in [1.54, 1.807) is 13.8 Å². The molecule has 0 spiro atoms. The van der Waals surface area contributed by atoms with Crippen LogP contribution in [0.4, 0.5) is 5.69 Å². The highest BCUT2D eigenvalue weighted by Gasteiger charge is 2.27. The van der Waals surface area contributed by atoms with Crippen molar-refractivity contribution < 1.29 is 13.3 Å². The van der Waals surface area contributed by atoms with Crippen LogP contribution in [-0.2, 0) is 10.0 Å². The highest BCUT2D eigenvalue weighted by Crippen LogP contribution is 2.24. The van der Waals surface area contributed by atoms with Crippen molar-refractivity contribution in [3.8, 4) is 0 Å². The van der Waals surface area contributed by atoms with Gasteiger partial charge in [-0.2, -0.15) is 4.31 Å². The maximum absolute atomic E-state index is 12.4. The molecule has 0 saturated heterocycles. The summed E-state index contributed by atoms with van der Waals surface area (Å²) in [6.07, 6.45) is 0. The van der Waals surface area contributed by atoms with Crippen LogP contribution >= 0.6 is 0 Å². The van der Waals surface area contributed by atoms with E-state index in [1.165, 1.54) is 19.2 Å². The van der Waals surface area contributed by atoms with Crippen molar-refractivity contribution in [2.75, 3.05) is 13.6 Å². The lowest BCUT2D eigenvalue weighted by Crippen LogP contribution is -2.39. The maximum atomic E-state index is 12.4. The predicted octanol–water partition coefficient (Wildman–Crippen LogP) is 0.871. The van der Waals surface area contributed by atoms with Crippen LogP contribution in [0.1, 0.15) is 12.5 Å². The Morgan fingerprint density at radius 1 is 1.47 bits per heavy atom. The van der Waals surface area contributed by atoms with Gasteiger partial charge in [-0.1, -0.05) is 6.07 Å². The maximum Gasteiger partial charge on any atom is 0.270 e. The number of hydrogen-bond acceptors (Lipinski definition) is 5. The second-order valence-corrected chi connectivity index (χ2v) is 6.28. The molecular formula is C11H17N3O4S. The van der Waals surface area contributed by atoms with E-state index in [0.29, 0.717) is 5.56 Å². The zero-order valence-electron chi connectivity index (χ0n) is 11.0. The molecule has 1 unspecified atom stereocenters. The molecule has 0 saturated carbocycles. The summed E-state index contributed by atoms with van der Waals surface area (Å²) in [5.41, 5.74) is 5.66. The van der Waals surface area contributed by atoms with E-state index in [1.807, 2.05) is 0 Å². The first-order chi connectivity index (χ1) is 8.71. The average Bonchev–Trinajstić information content (AvgIpc) is 2.36. The molecule has 19 heavy (non-hydrogen) atoms. The molecule has 106 valence electrons. The van der Waals surface area contributed by atoms with Gasteiger partial charge in [0.1, 0.15) is 0 Å². The monoisotopic (exact) mass is 287 g/mol. The number of hydrogen-bond donors (Lipinski definition) is 1. The van der Waals surface area contributed by atoms with E-state index in [0.717, 1.165) is 10.4 Å². The van der Waals surface area contributed by atoms with Gasteiger partial charge >= 0.3 is 0 Å². The van der Waals surface area contributed by atoms with Crippen LogP contribution < -0.4 is 5.73 Å². The van der Waals surface area contributed by atoms with Crippen molar-refractivity contribution in [1.82, 2.24) is 4.31 Å². The van der Waals surface area contributed by atoms with E-state index in [9.17, 15) is 18.5 Å². The predicted molar refractivity (Wildman–Crippen MR) is 71.3 cm³/mol. The van der Waals surface area contributed by atoms with E-state index in [-0.39, 0.29) is 23.2 Å². The summed E-state index contributed by atoms with van der Waals surface area (Å²) in [5.74, 6) is 0. The molecule has 7 nitrogen and oxygen atoms in total. The Labute approximate surface area is 112 Å². The van der Waals surface area contributed by atoms with Gasteiger partial charge < -0.3 is 5.73 Å². The van der Waals surface area contributed by atoms with Crippen LogP contribution in [0.3, 0.4) is 0 Å². The topological polar surface area (TPSA) is 107 Å². The number of likely N-dealkylation sites (N-methyl/N-ethyl adjacent to an activating group) is 1. The molecular weight excluding hydrogens is 270 g/mol. The van der Waals surface area contributed by atoms with Gasteiger partial charge in [0.05, 0.1) is 9.82 Å². The first-order valence-corrected chi connectivity index (χ1v) is 7.09. The Bertz CT molecular complexity index is 586. The first-order valence-electron chi connectivity index (χ1n) is 5.65. The number of rotatable bonds is 5. The summed E-state index contributed by atoms with van der Waals surface area (Å²) in [4.78, 5) is 10.0. The molecule has 0 heterocycles. The molecule has 0 amide bonds. The van der Waals surface area contributed by atoms with E-state index in [2.05, 4.69) is 0 Å². The van der Waals surface area contributed by atoms with Gasteiger partial charge in [-0.15, -0.1) is 0 Å². The Kier molecular flexibility index (Phi) is 4.61. The number of nitrogens with zero attached hydrogens (tertiary/aromatic N) is 2. The molecule has 0 aliphatic heterocycles. The fourth-order valence-corrected chi connectivity index (χ4v) is 3.14. The van der Waals surface area contributed by atoms with Crippen molar-refractivity contribution in [3.05, 3.63) is 33.9 Å². The van der Waals surface area contributed by atoms with Crippen molar-refractivity contribution in [2.45, 2.75) is 24.8 Å². The lowest BCUT2D eigenvalue weighted by atomic mass is 10.2. The zero-order valence-corrected chi connectivity index (χ0v) is 11.8. The summed E-state index contributed by atoms with van der Waals surface area (Å²) < 4.78 is 25.9. The van der Waals surface area contributed by atoms with Crippen LogP contribution in [0.5, 0.6) is 0 Å². The normalized spacial score (nSPS) is 13.5. The summed E-state index contributed by atoms with van der Waals surface area (Å²) in [5, 5.41) is 10.7. The Balaban J connectivity index is 3.36. The Morgan fingerprint density at radius 2 is 2.05 bits per heavy atom. The van der Waals surface area contributed by atoms with E-state index in [4.69, 9.17) is 5.73 Å². The number of aryl methyl sites for hydroxylation is 1. The second kappa shape index (κ2) is 5.64. The highest BCUT2D eigenvalue weighted by atomic mass is 32.2. The number of nitrogens with two attached hydrogens (primary N) is 1. The molecule has 1 aromatic carbocycles. The Hall–Kier alpha value is -1.51. The van der Waals surface area contributed by atoms with Crippen molar-refractivity contribution in [1.29, 1.82) is 0 Å². The lowest BCUT2D eigenvalue weighted by Gasteiger charge is -2.23. The molecule has 0 aromatic heterocycles. The van der Waals surface area contributed by atoms with Gasteiger partial charge in [0.2, 0.25) is 10.0 Å².